The number of nitrogens with two attached hydrogens (primary N) is 1. The van der Waals surface area contributed by atoms with E-state index in [2.05, 4.69) is 12.2 Å². The molecule has 0 spiro atoms. The Kier molecular flexibility index (Phi) is 8.12. The van der Waals surface area contributed by atoms with Crippen molar-refractivity contribution < 1.29 is 14.3 Å². The smallest absolute Gasteiger partial charge is 0.253 e. The minimum Gasteiger partial charge on any atom is -0.399 e. The Hall–Kier alpha value is -1.30. The highest BCUT2D eigenvalue weighted by Crippen LogP contribution is 2.24. The van der Waals surface area contributed by atoms with Gasteiger partial charge in [0, 0.05) is 12.3 Å². The first kappa shape index (κ1) is 17.8. The molecule has 0 radical (unpaired) electrons. The van der Waals surface area contributed by atoms with Gasteiger partial charge >= 0.3 is 0 Å². The number of ether oxygens (including phenoxy) is 2. The van der Waals surface area contributed by atoms with Gasteiger partial charge < -0.3 is 20.5 Å². The molecule has 1 rings (SSSR count). The molecule has 0 saturated carbocycles. The highest BCUT2D eigenvalue weighted by molar-refractivity contribution is 6.34. The summed E-state index contributed by atoms with van der Waals surface area (Å²) in [6.45, 7) is 5.39. The van der Waals surface area contributed by atoms with Gasteiger partial charge in [-0.3, -0.25) is 4.79 Å². The van der Waals surface area contributed by atoms with Crippen molar-refractivity contribution >= 4 is 28.9 Å². The topological polar surface area (TPSA) is 73.6 Å². The Morgan fingerprint density at radius 3 is 2.81 bits per heavy atom. The Morgan fingerprint density at radius 2 is 2.14 bits per heavy atom. The number of halogens is 1. The molecule has 0 bridgehead atoms. The molecule has 1 amide bonds. The van der Waals surface area contributed by atoms with E-state index in [9.17, 15) is 4.79 Å². The molecule has 118 valence electrons. The van der Waals surface area contributed by atoms with Crippen molar-refractivity contribution in [3.63, 3.8) is 0 Å². The van der Waals surface area contributed by atoms with E-state index in [-0.39, 0.29) is 5.91 Å². The number of rotatable bonds is 9. The summed E-state index contributed by atoms with van der Waals surface area (Å²) in [5, 5.41) is 3.11. The number of benzene rings is 1. The molecular weight excluding hydrogens is 292 g/mol. The summed E-state index contributed by atoms with van der Waals surface area (Å²) in [6, 6.07) is 4.93. The molecule has 6 heteroatoms. The Balaban J connectivity index is 2.30. The van der Waals surface area contributed by atoms with Gasteiger partial charge in [0.15, 0.2) is 0 Å². The summed E-state index contributed by atoms with van der Waals surface area (Å²) in [6.07, 6.45) is 1.56. The predicted octanol–water partition coefficient (Wildman–Crippen LogP) is 3.08. The number of hydrogen-bond donors (Lipinski definition) is 2. The molecule has 3 N–H and O–H groups in total. The van der Waals surface area contributed by atoms with Gasteiger partial charge in [0.1, 0.15) is 6.10 Å². The highest BCUT2D eigenvalue weighted by Gasteiger charge is 2.14. The number of hydrogen-bond acceptors (Lipinski definition) is 4. The van der Waals surface area contributed by atoms with E-state index >= 15 is 0 Å². The third-order valence-electron chi connectivity index (χ3n) is 2.86. The van der Waals surface area contributed by atoms with Crippen LogP contribution in [0.4, 0.5) is 11.4 Å². The molecular formula is C15H23ClN2O3. The summed E-state index contributed by atoms with van der Waals surface area (Å²) in [5.74, 6) is -0.254. The lowest BCUT2D eigenvalue weighted by atomic mass is 10.2. The van der Waals surface area contributed by atoms with Crippen molar-refractivity contribution in [2.75, 3.05) is 30.9 Å². The minimum atomic E-state index is -0.576. The van der Waals surface area contributed by atoms with Crippen LogP contribution < -0.4 is 11.1 Å². The second-order valence-electron chi connectivity index (χ2n) is 4.71. The molecule has 21 heavy (non-hydrogen) atoms. The highest BCUT2D eigenvalue weighted by atomic mass is 35.5. The van der Waals surface area contributed by atoms with Crippen LogP contribution in [-0.4, -0.2) is 31.8 Å². The van der Waals surface area contributed by atoms with Crippen molar-refractivity contribution in [2.45, 2.75) is 32.8 Å². The fourth-order valence-electron chi connectivity index (χ4n) is 1.58. The summed E-state index contributed by atoms with van der Waals surface area (Å²) < 4.78 is 10.8. The molecule has 1 unspecified atom stereocenters. The predicted molar refractivity (Wildman–Crippen MR) is 85.6 cm³/mol. The molecule has 1 aromatic rings. The van der Waals surface area contributed by atoms with E-state index in [1.807, 2.05) is 0 Å². The zero-order chi connectivity index (χ0) is 15.7. The van der Waals surface area contributed by atoms with E-state index in [0.717, 1.165) is 19.4 Å². The fourth-order valence-corrected chi connectivity index (χ4v) is 1.81. The van der Waals surface area contributed by atoms with Crippen molar-refractivity contribution in [3.05, 3.63) is 23.2 Å². The van der Waals surface area contributed by atoms with Crippen molar-refractivity contribution in [1.29, 1.82) is 0 Å². The van der Waals surface area contributed by atoms with Crippen molar-refractivity contribution in [1.82, 2.24) is 0 Å². The number of carbonyl (C=O) groups excluding carboxylic acids is 1. The lowest BCUT2D eigenvalue weighted by Gasteiger charge is -2.14. The van der Waals surface area contributed by atoms with E-state index in [4.69, 9.17) is 26.8 Å². The molecule has 1 aromatic carbocycles. The molecule has 0 aliphatic rings. The van der Waals surface area contributed by atoms with E-state index < -0.39 is 6.10 Å². The number of amides is 1. The number of unbranched alkanes of at least 4 members (excludes halogenated alkanes) is 1. The van der Waals surface area contributed by atoms with Crippen LogP contribution in [-0.2, 0) is 14.3 Å². The molecule has 1 atom stereocenters. The van der Waals surface area contributed by atoms with Gasteiger partial charge in [-0.25, -0.2) is 0 Å². The number of anilines is 2. The van der Waals surface area contributed by atoms with Crippen LogP contribution in [0.5, 0.6) is 0 Å². The van der Waals surface area contributed by atoms with Gasteiger partial charge in [0.25, 0.3) is 5.91 Å². The molecule has 0 heterocycles. The maximum absolute atomic E-state index is 11.9. The van der Waals surface area contributed by atoms with Gasteiger partial charge in [0.05, 0.1) is 23.9 Å². The Morgan fingerprint density at radius 1 is 1.38 bits per heavy atom. The van der Waals surface area contributed by atoms with Crippen LogP contribution >= 0.6 is 11.6 Å². The first-order valence-electron chi connectivity index (χ1n) is 7.09. The Labute approximate surface area is 130 Å². The third-order valence-corrected chi connectivity index (χ3v) is 3.17. The first-order valence-corrected chi connectivity index (χ1v) is 7.47. The molecule has 0 fully saturated rings. The fraction of sp³-hybridized carbons (Fsp3) is 0.533. The van der Waals surface area contributed by atoms with E-state index in [1.165, 1.54) is 0 Å². The average Bonchev–Trinajstić information content (AvgIpc) is 2.45. The largest absolute Gasteiger partial charge is 0.399 e. The summed E-state index contributed by atoms with van der Waals surface area (Å²) in [7, 11) is 0. The number of carbonyl (C=O) groups is 1. The number of nitrogens with one attached hydrogen (secondary N) is 1. The monoisotopic (exact) mass is 314 g/mol. The Bertz CT molecular complexity index is 455. The second-order valence-corrected chi connectivity index (χ2v) is 5.11. The van der Waals surface area contributed by atoms with E-state index in [1.54, 1.807) is 25.1 Å². The van der Waals surface area contributed by atoms with Crippen LogP contribution in [0, 0.1) is 0 Å². The van der Waals surface area contributed by atoms with Crippen molar-refractivity contribution in [2.24, 2.45) is 0 Å². The van der Waals surface area contributed by atoms with Crippen LogP contribution in [0.2, 0.25) is 5.02 Å². The zero-order valence-electron chi connectivity index (χ0n) is 12.5. The van der Waals surface area contributed by atoms with E-state index in [0.29, 0.717) is 29.6 Å². The van der Waals surface area contributed by atoms with Crippen LogP contribution in [0.25, 0.3) is 0 Å². The molecule has 0 aliphatic carbocycles. The zero-order valence-corrected chi connectivity index (χ0v) is 13.3. The summed E-state index contributed by atoms with van der Waals surface area (Å²) in [5.41, 5.74) is 6.66. The quantitative estimate of drug-likeness (QED) is 0.542. The maximum Gasteiger partial charge on any atom is 0.253 e. The molecule has 0 aromatic heterocycles. The van der Waals surface area contributed by atoms with Gasteiger partial charge in [-0.05, 0) is 31.5 Å². The van der Waals surface area contributed by atoms with Crippen LogP contribution in [0.1, 0.15) is 26.7 Å². The van der Waals surface area contributed by atoms with Crippen LogP contribution in [0.15, 0.2) is 18.2 Å². The maximum atomic E-state index is 11.9. The lowest BCUT2D eigenvalue weighted by Crippen LogP contribution is -2.29. The van der Waals surface area contributed by atoms with Gasteiger partial charge in [-0.2, -0.15) is 0 Å². The van der Waals surface area contributed by atoms with Crippen molar-refractivity contribution in [3.8, 4) is 0 Å². The molecule has 0 saturated heterocycles. The normalized spacial score (nSPS) is 12.1. The third kappa shape index (κ3) is 6.80. The van der Waals surface area contributed by atoms with Gasteiger partial charge in [0.2, 0.25) is 0 Å². The summed E-state index contributed by atoms with van der Waals surface area (Å²) >= 11 is 6.00. The SMILES string of the molecule is CCCCOCCOC(C)C(=O)Nc1ccc(N)cc1Cl. The summed E-state index contributed by atoms with van der Waals surface area (Å²) in [4.78, 5) is 11.9. The molecule has 0 aliphatic heterocycles. The standard InChI is InChI=1S/C15H23ClN2O3/c1-3-4-7-20-8-9-21-11(2)15(19)18-14-6-5-12(17)10-13(14)16/h5-6,10-11H,3-4,7-9,17H2,1-2H3,(H,18,19). The molecule has 5 nitrogen and oxygen atoms in total. The van der Waals surface area contributed by atoms with Crippen LogP contribution in [0.3, 0.4) is 0 Å². The average molecular weight is 315 g/mol. The number of nitrogen functional groups attached to an aromatic ring is 1. The van der Waals surface area contributed by atoms with Gasteiger partial charge in [-0.15, -0.1) is 0 Å². The van der Waals surface area contributed by atoms with Gasteiger partial charge in [-0.1, -0.05) is 24.9 Å². The lowest BCUT2D eigenvalue weighted by molar-refractivity contribution is -0.127. The minimum absolute atomic E-state index is 0.254. The second kappa shape index (κ2) is 9.60. The first-order chi connectivity index (χ1) is 10.0.